The lowest BCUT2D eigenvalue weighted by atomic mass is 10.0. The minimum absolute atomic E-state index is 0.0108. The van der Waals surface area contributed by atoms with Crippen molar-refractivity contribution < 1.29 is 45.4 Å². The first-order valence-corrected chi connectivity index (χ1v) is 11.4. The van der Waals surface area contributed by atoms with Crippen LogP contribution in [0.5, 0.6) is 0 Å². The van der Waals surface area contributed by atoms with E-state index in [1.54, 1.807) is 0 Å². The number of nitrogens with zero attached hydrogens (tertiary/aromatic N) is 3. The van der Waals surface area contributed by atoms with Gasteiger partial charge in [0.15, 0.2) is 12.1 Å². The molecule has 0 unspecified atom stereocenters. The normalized spacial score (nSPS) is 14.3. The van der Waals surface area contributed by atoms with Gasteiger partial charge in [-0.25, -0.2) is 18.2 Å². The Balaban J connectivity index is 1.41. The number of pyridine rings is 1. The summed E-state index contributed by atoms with van der Waals surface area (Å²) < 4.78 is 92.9. The lowest BCUT2D eigenvalue weighted by Gasteiger charge is -2.23. The van der Waals surface area contributed by atoms with Gasteiger partial charge in [-0.3, -0.25) is 9.59 Å². The van der Waals surface area contributed by atoms with Gasteiger partial charge in [0.25, 0.3) is 5.91 Å². The standard InChI is InChI=1S/C25H18F6N4O4/c26-15-7-17(27)22(18(28)8-15)23(36)13-5-19(32-9-13)24(37)35(12-21-38-3-4-39-21)11-16-10-34-2-1-14(25(29,30)31)6-20(34)33-16/h1-2,5-10,21,32H,3-4,11-12H2. The fraction of sp³-hybridized carbons (Fsp3) is 0.240. The molecule has 1 amide bonds. The Morgan fingerprint density at radius 1 is 1.08 bits per heavy atom. The maximum Gasteiger partial charge on any atom is 0.416 e. The van der Waals surface area contributed by atoms with Crippen LogP contribution in [0.1, 0.15) is 37.7 Å². The number of fused-ring (bicyclic) bond motifs is 1. The monoisotopic (exact) mass is 552 g/mol. The molecule has 4 heterocycles. The van der Waals surface area contributed by atoms with E-state index < -0.39 is 52.7 Å². The van der Waals surface area contributed by atoms with Crippen LogP contribution in [0.2, 0.25) is 0 Å². The second-order valence-corrected chi connectivity index (χ2v) is 8.64. The van der Waals surface area contributed by atoms with E-state index in [0.717, 1.165) is 24.4 Å². The van der Waals surface area contributed by atoms with Crippen molar-refractivity contribution >= 4 is 17.3 Å². The Kier molecular flexibility index (Phi) is 6.91. The Hall–Kier alpha value is -4.17. The summed E-state index contributed by atoms with van der Waals surface area (Å²) in [6.07, 6.45) is -1.63. The van der Waals surface area contributed by atoms with Crippen LogP contribution in [0.25, 0.3) is 5.65 Å². The number of nitrogens with one attached hydrogen (secondary N) is 1. The second kappa shape index (κ2) is 10.2. The molecule has 0 radical (unpaired) electrons. The molecule has 8 nitrogen and oxygen atoms in total. The minimum Gasteiger partial charge on any atom is -0.356 e. The fourth-order valence-corrected chi connectivity index (χ4v) is 4.12. The summed E-state index contributed by atoms with van der Waals surface area (Å²) in [6, 6.07) is 3.58. The van der Waals surface area contributed by atoms with E-state index in [1.165, 1.54) is 21.7 Å². The summed E-state index contributed by atoms with van der Waals surface area (Å²) in [7, 11) is 0. The first-order valence-electron chi connectivity index (χ1n) is 11.4. The Bertz CT molecular complexity index is 1530. The topological polar surface area (TPSA) is 88.9 Å². The summed E-state index contributed by atoms with van der Waals surface area (Å²) in [5.74, 6) is -5.79. The van der Waals surface area contributed by atoms with Crippen LogP contribution >= 0.6 is 0 Å². The number of aromatic amines is 1. The van der Waals surface area contributed by atoms with Crippen molar-refractivity contribution in [2.45, 2.75) is 19.0 Å². The molecule has 0 aliphatic carbocycles. The van der Waals surface area contributed by atoms with Crippen molar-refractivity contribution in [2.24, 2.45) is 0 Å². The minimum atomic E-state index is -4.56. The first-order chi connectivity index (χ1) is 18.5. The van der Waals surface area contributed by atoms with Gasteiger partial charge in [0, 0.05) is 36.3 Å². The quantitative estimate of drug-likeness (QED) is 0.272. The Labute approximate surface area is 215 Å². The molecule has 1 saturated heterocycles. The number of carbonyl (C=O) groups is 2. The zero-order valence-corrected chi connectivity index (χ0v) is 19.8. The van der Waals surface area contributed by atoms with Crippen LogP contribution < -0.4 is 0 Å². The van der Waals surface area contributed by atoms with Crippen LogP contribution in [0, 0.1) is 17.5 Å². The molecule has 0 spiro atoms. The zero-order chi connectivity index (χ0) is 27.9. The largest absolute Gasteiger partial charge is 0.416 e. The molecular formula is C25H18F6N4O4. The highest BCUT2D eigenvalue weighted by Gasteiger charge is 2.31. The molecule has 1 aliphatic heterocycles. The Morgan fingerprint density at radius 3 is 2.44 bits per heavy atom. The number of H-pyrrole nitrogens is 1. The molecule has 3 aromatic heterocycles. The molecular weight excluding hydrogens is 534 g/mol. The van der Waals surface area contributed by atoms with Crippen molar-refractivity contribution in [2.75, 3.05) is 19.8 Å². The van der Waals surface area contributed by atoms with E-state index >= 15 is 0 Å². The third-order valence-electron chi connectivity index (χ3n) is 5.95. The van der Waals surface area contributed by atoms with Crippen LogP contribution in [-0.2, 0) is 22.2 Å². The van der Waals surface area contributed by atoms with Crippen LogP contribution in [0.15, 0.2) is 48.9 Å². The number of aromatic nitrogens is 3. The average molecular weight is 552 g/mol. The molecule has 0 saturated carbocycles. The molecule has 1 aromatic carbocycles. The molecule has 5 rings (SSSR count). The van der Waals surface area contributed by atoms with Gasteiger partial charge in [0.1, 0.15) is 28.8 Å². The molecule has 1 fully saturated rings. The third-order valence-corrected chi connectivity index (χ3v) is 5.95. The van der Waals surface area contributed by atoms with Gasteiger partial charge in [-0.05, 0) is 18.2 Å². The number of rotatable bonds is 7. The molecule has 39 heavy (non-hydrogen) atoms. The number of imidazole rings is 1. The van der Waals surface area contributed by atoms with E-state index in [4.69, 9.17) is 9.47 Å². The highest BCUT2D eigenvalue weighted by atomic mass is 19.4. The van der Waals surface area contributed by atoms with E-state index in [-0.39, 0.29) is 48.9 Å². The van der Waals surface area contributed by atoms with Crippen molar-refractivity contribution in [1.82, 2.24) is 19.3 Å². The average Bonchev–Trinajstić information content (AvgIpc) is 3.62. The van der Waals surface area contributed by atoms with E-state index in [1.807, 2.05) is 0 Å². The molecule has 14 heteroatoms. The molecule has 0 bridgehead atoms. The summed E-state index contributed by atoms with van der Waals surface area (Å²) in [5.41, 5.74) is -2.01. The van der Waals surface area contributed by atoms with Gasteiger partial charge in [-0.15, -0.1) is 0 Å². The van der Waals surface area contributed by atoms with Crippen LogP contribution in [-0.4, -0.2) is 57.0 Å². The van der Waals surface area contributed by atoms with Gasteiger partial charge in [-0.1, -0.05) is 0 Å². The van der Waals surface area contributed by atoms with Crippen LogP contribution in [0.3, 0.4) is 0 Å². The van der Waals surface area contributed by atoms with Gasteiger partial charge < -0.3 is 23.8 Å². The number of hydrogen-bond donors (Lipinski definition) is 1. The maximum absolute atomic E-state index is 14.1. The number of ether oxygens (including phenoxy) is 2. The summed E-state index contributed by atoms with van der Waals surface area (Å²) in [4.78, 5) is 34.1. The molecule has 1 N–H and O–H groups in total. The number of alkyl halides is 3. The number of halogens is 6. The maximum atomic E-state index is 14.1. The lowest BCUT2D eigenvalue weighted by Crippen LogP contribution is -2.37. The zero-order valence-electron chi connectivity index (χ0n) is 19.8. The molecule has 0 atom stereocenters. The molecule has 1 aliphatic rings. The van der Waals surface area contributed by atoms with Crippen molar-refractivity contribution in [3.63, 3.8) is 0 Å². The predicted molar refractivity (Wildman–Crippen MR) is 121 cm³/mol. The summed E-state index contributed by atoms with van der Waals surface area (Å²) in [5, 5.41) is 0. The second-order valence-electron chi connectivity index (χ2n) is 8.64. The third kappa shape index (κ3) is 5.52. The predicted octanol–water partition coefficient (Wildman–Crippen LogP) is 4.34. The van der Waals surface area contributed by atoms with Gasteiger partial charge in [0.05, 0.1) is 43.1 Å². The van der Waals surface area contributed by atoms with Crippen molar-refractivity contribution in [3.8, 4) is 0 Å². The number of amides is 1. The van der Waals surface area contributed by atoms with Gasteiger partial charge in [-0.2, -0.15) is 13.2 Å². The van der Waals surface area contributed by atoms with Gasteiger partial charge in [0.2, 0.25) is 0 Å². The number of carbonyl (C=O) groups excluding carboxylic acids is 2. The fourth-order valence-electron chi connectivity index (χ4n) is 4.12. The SMILES string of the molecule is O=C(c1c[nH]c(C(=O)N(Cc2cn3ccc(C(F)(F)F)cc3n2)CC2OCCO2)c1)c1c(F)cc(F)cc1F. The molecule has 204 valence electrons. The highest BCUT2D eigenvalue weighted by Crippen LogP contribution is 2.30. The lowest BCUT2D eigenvalue weighted by molar-refractivity contribution is -0.137. The van der Waals surface area contributed by atoms with Crippen LogP contribution in [0.4, 0.5) is 26.3 Å². The van der Waals surface area contributed by atoms with Crippen molar-refractivity contribution in [3.05, 3.63) is 94.5 Å². The van der Waals surface area contributed by atoms with E-state index in [9.17, 15) is 35.9 Å². The first kappa shape index (κ1) is 26.4. The van der Waals surface area contributed by atoms with Gasteiger partial charge >= 0.3 is 6.18 Å². The Morgan fingerprint density at radius 2 is 1.77 bits per heavy atom. The van der Waals surface area contributed by atoms with E-state index in [0.29, 0.717) is 12.1 Å². The highest BCUT2D eigenvalue weighted by molar-refractivity contribution is 6.10. The number of hydrogen-bond acceptors (Lipinski definition) is 5. The number of benzene rings is 1. The van der Waals surface area contributed by atoms with E-state index in [2.05, 4.69) is 9.97 Å². The molecule has 4 aromatic rings. The number of ketones is 1. The summed E-state index contributed by atoms with van der Waals surface area (Å²) >= 11 is 0. The smallest absolute Gasteiger partial charge is 0.356 e. The van der Waals surface area contributed by atoms with Crippen molar-refractivity contribution in [1.29, 1.82) is 0 Å². The summed E-state index contributed by atoms with van der Waals surface area (Å²) in [6.45, 7) is 0.313.